The summed E-state index contributed by atoms with van der Waals surface area (Å²) in [5.74, 6) is 2.07. The van der Waals surface area contributed by atoms with E-state index in [4.69, 9.17) is 0 Å². The molecule has 0 aliphatic carbocycles. The van der Waals surface area contributed by atoms with Crippen LogP contribution in [0.3, 0.4) is 0 Å². The van der Waals surface area contributed by atoms with Gasteiger partial charge in [-0.3, -0.25) is 4.90 Å². The third-order valence-electron chi connectivity index (χ3n) is 2.91. The maximum absolute atomic E-state index is 10.4. The predicted octanol–water partition coefficient (Wildman–Crippen LogP) is 0.658. The second-order valence-corrected chi connectivity index (χ2v) is 5.86. The molecule has 0 aromatic carbocycles. The number of likely N-dealkylation sites (N-methyl/N-ethyl adjacent to an activating group) is 1. The fourth-order valence-corrected chi connectivity index (χ4v) is 3.70. The van der Waals surface area contributed by atoms with Crippen molar-refractivity contribution in [3.63, 3.8) is 0 Å². The van der Waals surface area contributed by atoms with E-state index in [1.54, 1.807) is 11.7 Å². The number of nitrogens with zero attached hydrogens (tertiary/aromatic N) is 4. The van der Waals surface area contributed by atoms with Crippen LogP contribution in [0, 0.1) is 0 Å². The van der Waals surface area contributed by atoms with E-state index >= 15 is 0 Å². The second-order valence-electron chi connectivity index (χ2n) is 3.96. The Kier molecular flexibility index (Phi) is 3.89. The Morgan fingerprint density at radius 1 is 1.56 bits per heavy atom. The van der Waals surface area contributed by atoms with Crippen molar-refractivity contribution in [2.24, 2.45) is 7.05 Å². The summed E-state index contributed by atoms with van der Waals surface area (Å²) in [6.07, 6.45) is -0.549. The minimum Gasteiger partial charge on any atom is -0.385 e. The average molecular weight is 307 g/mol. The molecule has 0 bridgehead atoms. The molecular weight excluding hydrogens is 292 g/mol. The molecule has 1 aliphatic rings. The number of aliphatic hydroxyl groups excluding tert-OH is 1. The first-order chi connectivity index (χ1) is 7.61. The lowest BCUT2D eigenvalue weighted by atomic mass is 10.1. The van der Waals surface area contributed by atoms with Gasteiger partial charge in [-0.2, -0.15) is 11.8 Å². The van der Waals surface area contributed by atoms with Crippen LogP contribution in [0.2, 0.25) is 0 Å². The Hall–Kier alpha value is -0.110. The molecule has 1 aromatic rings. The fourth-order valence-electron chi connectivity index (χ4n) is 1.87. The van der Waals surface area contributed by atoms with Crippen molar-refractivity contribution in [2.45, 2.75) is 12.1 Å². The van der Waals surface area contributed by atoms with Crippen LogP contribution in [0.1, 0.15) is 11.8 Å². The lowest BCUT2D eigenvalue weighted by molar-refractivity contribution is 0.0691. The lowest BCUT2D eigenvalue weighted by Crippen LogP contribution is -2.43. The van der Waals surface area contributed by atoms with Crippen LogP contribution in [0.5, 0.6) is 0 Å². The monoisotopic (exact) mass is 306 g/mol. The maximum atomic E-state index is 10.4. The van der Waals surface area contributed by atoms with E-state index < -0.39 is 6.10 Å². The molecular formula is C9H15BrN4OS. The third-order valence-corrected chi connectivity index (χ3v) is 4.53. The minimum atomic E-state index is -0.549. The van der Waals surface area contributed by atoms with E-state index in [1.807, 2.05) is 18.8 Å². The molecule has 2 rings (SSSR count). The highest BCUT2D eigenvalue weighted by atomic mass is 79.9. The second kappa shape index (κ2) is 5.03. The van der Waals surface area contributed by atoms with Crippen LogP contribution in [0.4, 0.5) is 0 Å². The molecule has 0 spiro atoms. The maximum Gasteiger partial charge on any atom is 0.154 e. The van der Waals surface area contributed by atoms with Crippen LogP contribution in [-0.2, 0) is 7.05 Å². The minimum absolute atomic E-state index is 0.132. The van der Waals surface area contributed by atoms with E-state index in [2.05, 4.69) is 31.1 Å². The van der Waals surface area contributed by atoms with Gasteiger partial charge in [0, 0.05) is 25.1 Å². The van der Waals surface area contributed by atoms with Gasteiger partial charge in [0.2, 0.25) is 0 Å². The van der Waals surface area contributed by atoms with E-state index in [0.29, 0.717) is 4.60 Å². The van der Waals surface area contributed by atoms with Gasteiger partial charge in [-0.25, -0.2) is 4.68 Å². The average Bonchev–Trinajstić information content (AvgIpc) is 2.58. The standard InChI is InChI=1S/C9H15BrN4OS/c1-13-3-4-16-5-6(13)8(15)7-9(10)11-12-14(7)2/h6,8,15H,3-5H2,1-2H3. The summed E-state index contributed by atoms with van der Waals surface area (Å²) in [4.78, 5) is 2.20. The van der Waals surface area contributed by atoms with Gasteiger partial charge >= 0.3 is 0 Å². The number of hydrogen-bond acceptors (Lipinski definition) is 5. The molecule has 1 fully saturated rings. The molecule has 90 valence electrons. The Balaban J connectivity index is 2.20. The van der Waals surface area contributed by atoms with Crippen LogP contribution in [-0.4, -0.2) is 56.1 Å². The molecule has 16 heavy (non-hydrogen) atoms. The van der Waals surface area contributed by atoms with Crippen molar-refractivity contribution < 1.29 is 5.11 Å². The molecule has 0 amide bonds. The SMILES string of the molecule is CN1CCSCC1C(O)c1c(Br)nnn1C. The fraction of sp³-hybridized carbons (Fsp3) is 0.778. The number of hydrogen-bond donors (Lipinski definition) is 1. The number of aromatic nitrogens is 3. The number of aliphatic hydroxyl groups is 1. The lowest BCUT2D eigenvalue weighted by Gasteiger charge is -2.35. The Labute approximate surface area is 107 Å². The summed E-state index contributed by atoms with van der Waals surface area (Å²) in [6, 6.07) is 0.132. The molecule has 1 N–H and O–H groups in total. The molecule has 2 unspecified atom stereocenters. The summed E-state index contributed by atoms with van der Waals surface area (Å²) in [7, 11) is 3.84. The molecule has 2 heterocycles. The molecule has 1 aliphatic heterocycles. The van der Waals surface area contributed by atoms with Gasteiger partial charge in [0.05, 0.1) is 6.04 Å². The number of aryl methyl sites for hydroxylation is 1. The van der Waals surface area contributed by atoms with Crippen LogP contribution in [0.25, 0.3) is 0 Å². The van der Waals surface area contributed by atoms with Crippen molar-refractivity contribution in [3.05, 3.63) is 10.3 Å². The first kappa shape index (κ1) is 12.3. The topological polar surface area (TPSA) is 54.2 Å². The predicted molar refractivity (Wildman–Crippen MR) is 67.4 cm³/mol. The van der Waals surface area contributed by atoms with Gasteiger partial charge in [0.15, 0.2) is 4.60 Å². The quantitative estimate of drug-likeness (QED) is 0.870. The van der Waals surface area contributed by atoms with E-state index in [9.17, 15) is 5.11 Å². The molecule has 2 atom stereocenters. The van der Waals surface area contributed by atoms with Crippen molar-refractivity contribution in [1.29, 1.82) is 0 Å². The summed E-state index contributed by atoms with van der Waals surface area (Å²) < 4.78 is 2.26. The molecule has 1 saturated heterocycles. The summed E-state index contributed by atoms with van der Waals surface area (Å²) in [5.41, 5.74) is 0.749. The first-order valence-electron chi connectivity index (χ1n) is 5.12. The number of thioether (sulfide) groups is 1. The summed E-state index contributed by atoms with van der Waals surface area (Å²) in [6.45, 7) is 1.01. The highest BCUT2D eigenvalue weighted by Crippen LogP contribution is 2.29. The molecule has 5 nitrogen and oxygen atoms in total. The van der Waals surface area contributed by atoms with Gasteiger partial charge in [-0.15, -0.1) is 5.10 Å². The van der Waals surface area contributed by atoms with Crippen molar-refractivity contribution in [2.75, 3.05) is 25.1 Å². The zero-order chi connectivity index (χ0) is 11.7. The Bertz CT molecular complexity index is 353. The van der Waals surface area contributed by atoms with Gasteiger partial charge in [-0.1, -0.05) is 5.21 Å². The third kappa shape index (κ3) is 2.27. The molecule has 0 saturated carbocycles. The summed E-state index contributed by atoms with van der Waals surface area (Å²) >= 11 is 5.20. The molecule has 0 radical (unpaired) electrons. The van der Waals surface area contributed by atoms with E-state index in [1.165, 1.54) is 0 Å². The normalized spacial score (nSPS) is 24.6. The first-order valence-corrected chi connectivity index (χ1v) is 7.07. The van der Waals surface area contributed by atoms with Crippen LogP contribution in [0.15, 0.2) is 4.60 Å². The number of rotatable bonds is 2. The largest absolute Gasteiger partial charge is 0.385 e. The summed E-state index contributed by atoms with van der Waals surface area (Å²) in [5, 5.41) is 18.2. The van der Waals surface area contributed by atoms with Crippen molar-refractivity contribution in [3.8, 4) is 0 Å². The van der Waals surface area contributed by atoms with E-state index in [0.717, 1.165) is 23.7 Å². The van der Waals surface area contributed by atoms with Gasteiger partial charge in [0.25, 0.3) is 0 Å². The zero-order valence-electron chi connectivity index (χ0n) is 9.30. The number of halogens is 1. The zero-order valence-corrected chi connectivity index (χ0v) is 11.7. The van der Waals surface area contributed by atoms with Crippen LogP contribution < -0.4 is 0 Å². The van der Waals surface area contributed by atoms with Crippen molar-refractivity contribution >= 4 is 27.7 Å². The highest BCUT2D eigenvalue weighted by Gasteiger charge is 2.31. The smallest absolute Gasteiger partial charge is 0.154 e. The van der Waals surface area contributed by atoms with Crippen molar-refractivity contribution in [1.82, 2.24) is 19.9 Å². The molecule has 1 aromatic heterocycles. The van der Waals surface area contributed by atoms with Gasteiger partial charge in [-0.05, 0) is 23.0 Å². The molecule has 7 heteroatoms. The van der Waals surface area contributed by atoms with Crippen LogP contribution >= 0.6 is 27.7 Å². The van der Waals surface area contributed by atoms with E-state index in [-0.39, 0.29) is 6.04 Å². The Morgan fingerprint density at radius 2 is 2.31 bits per heavy atom. The Morgan fingerprint density at radius 3 is 2.88 bits per heavy atom. The van der Waals surface area contributed by atoms with Gasteiger partial charge in [0.1, 0.15) is 11.8 Å². The highest BCUT2D eigenvalue weighted by molar-refractivity contribution is 9.10. The van der Waals surface area contributed by atoms with Gasteiger partial charge < -0.3 is 5.11 Å².